The number of likely N-dealkylation sites (tertiary alicyclic amines) is 1. The summed E-state index contributed by atoms with van der Waals surface area (Å²) in [4.78, 5) is 2.88. The van der Waals surface area contributed by atoms with Crippen molar-refractivity contribution in [2.24, 2.45) is 29.1 Å². The summed E-state index contributed by atoms with van der Waals surface area (Å²) in [5.74, 6) is 5.12. The van der Waals surface area contributed by atoms with E-state index in [2.05, 4.69) is 43.0 Å². The number of hydrogen-bond donors (Lipinski definition) is 0. The van der Waals surface area contributed by atoms with E-state index in [1.807, 2.05) is 7.11 Å². The molecule has 2 heteroatoms. The van der Waals surface area contributed by atoms with E-state index in [9.17, 15) is 0 Å². The molecule has 0 N–H and O–H groups in total. The Bertz CT molecular complexity index is 609. The van der Waals surface area contributed by atoms with E-state index in [0.717, 1.165) is 35.5 Å². The summed E-state index contributed by atoms with van der Waals surface area (Å²) in [5.41, 5.74) is 1.76. The van der Waals surface area contributed by atoms with Crippen LogP contribution in [0.4, 0.5) is 0 Å². The molecule has 1 saturated heterocycles. The molecule has 4 saturated carbocycles. The largest absolute Gasteiger partial charge is 0.496 e. The van der Waals surface area contributed by atoms with Crippen molar-refractivity contribution < 1.29 is 4.74 Å². The van der Waals surface area contributed by atoms with Crippen LogP contribution in [0.25, 0.3) is 0 Å². The number of nitrogens with zero attached hydrogens (tertiary/aromatic N) is 1. The maximum absolute atomic E-state index is 5.72. The molecule has 24 heavy (non-hydrogen) atoms. The molecule has 1 atom stereocenters. The zero-order valence-electron chi connectivity index (χ0n) is 15.4. The van der Waals surface area contributed by atoms with Crippen molar-refractivity contribution >= 4 is 0 Å². The van der Waals surface area contributed by atoms with Crippen molar-refractivity contribution in [2.45, 2.75) is 58.0 Å². The highest BCUT2D eigenvalue weighted by Crippen LogP contribution is 2.60. The van der Waals surface area contributed by atoms with Crippen molar-refractivity contribution in [1.29, 1.82) is 0 Å². The zero-order chi connectivity index (χ0) is 16.5. The molecule has 130 valence electrons. The van der Waals surface area contributed by atoms with Crippen molar-refractivity contribution in [2.75, 3.05) is 13.7 Å². The van der Waals surface area contributed by atoms with Gasteiger partial charge in [-0.25, -0.2) is 0 Å². The molecule has 0 amide bonds. The number of hydrogen-bond acceptors (Lipinski definition) is 2. The first-order valence-corrected chi connectivity index (χ1v) is 9.95. The second-order valence-corrected chi connectivity index (χ2v) is 9.73. The molecule has 5 fully saturated rings. The fraction of sp³-hybridized carbons (Fsp3) is 0.727. The Balaban J connectivity index is 1.48. The number of ether oxygens (including phenoxy) is 1. The molecule has 5 aliphatic rings. The first-order valence-electron chi connectivity index (χ1n) is 9.95. The van der Waals surface area contributed by atoms with Gasteiger partial charge in [0.25, 0.3) is 0 Å². The third-order valence-corrected chi connectivity index (χ3v) is 7.66. The molecular weight excluding hydrogens is 294 g/mol. The van der Waals surface area contributed by atoms with Gasteiger partial charge in [-0.3, -0.25) is 4.90 Å². The summed E-state index contributed by atoms with van der Waals surface area (Å²) in [6.45, 7) is 6.14. The van der Waals surface area contributed by atoms with Gasteiger partial charge in [0, 0.05) is 24.2 Å². The summed E-state index contributed by atoms with van der Waals surface area (Å²) in [5, 5.41) is 0. The van der Waals surface area contributed by atoms with E-state index < -0.39 is 0 Å². The summed E-state index contributed by atoms with van der Waals surface area (Å²) >= 11 is 0. The fourth-order valence-electron chi connectivity index (χ4n) is 7.19. The minimum Gasteiger partial charge on any atom is -0.496 e. The van der Waals surface area contributed by atoms with Crippen molar-refractivity contribution in [3.8, 4) is 5.75 Å². The van der Waals surface area contributed by atoms with Crippen LogP contribution in [0.15, 0.2) is 24.3 Å². The van der Waals surface area contributed by atoms with Crippen LogP contribution >= 0.6 is 0 Å². The van der Waals surface area contributed by atoms with Gasteiger partial charge in [0.15, 0.2) is 0 Å². The predicted octanol–water partition coefficient (Wildman–Crippen LogP) is 4.90. The van der Waals surface area contributed by atoms with E-state index in [1.165, 1.54) is 37.8 Å². The van der Waals surface area contributed by atoms with E-state index in [4.69, 9.17) is 4.74 Å². The molecular formula is C22H31NO. The summed E-state index contributed by atoms with van der Waals surface area (Å²) in [6.07, 6.45) is 7.57. The average molecular weight is 325 g/mol. The normalized spacial score (nSPS) is 42.8. The SMILES string of the molecule is COc1ccccc1C1N(C2C3CC4CC(C3)CC2C4)CC1(C)C. The van der Waals surface area contributed by atoms with Crippen molar-refractivity contribution in [3.63, 3.8) is 0 Å². The van der Waals surface area contributed by atoms with Crippen LogP contribution in [0, 0.1) is 29.1 Å². The van der Waals surface area contributed by atoms with Crippen LogP contribution < -0.4 is 4.74 Å². The molecule has 1 heterocycles. The van der Waals surface area contributed by atoms with Gasteiger partial charge < -0.3 is 4.74 Å². The Hall–Kier alpha value is -1.02. The van der Waals surface area contributed by atoms with E-state index in [0.29, 0.717) is 11.5 Å². The predicted molar refractivity (Wildman–Crippen MR) is 97.1 cm³/mol. The Kier molecular flexibility index (Phi) is 3.33. The number of rotatable bonds is 3. The topological polar surface area (TPSA) is 12.5 Å². The van der Waals surface area contributed by atoms with Gasteiger partial charge in [-0.15, -0.1) is 0 Å². The molecule has 0 aromatic heterocycles. The highest BCUT2D eigenvalue weighted by Gasteiger charge is 2.57. The molecule has 1 aliphatic heterocycles. The first-order chi connectivity index (χ1) is 11.6. The Morgan fingerprint density at radius 3 is 2.17 bits per heavy atom. The van der Waals surface area contributed by atoms with Gasteiger partial charge in [-0.2, -0.15) is 0 Å². The van der Waals surface area contributed by atoms with Crippen LogP contribution in [-0.2, 0) is 0 Å². The molecule has 0 radical (unpaired) electrons. The van der Waals surface area contributed by atoms with Gasteiger partial charge in [0.1, 0.15) is 5.75 Å². The molecule has 2 nitrogen and oxygen atoms in total. The summed E-state index contributed by atoms with van der Waals surface area (Å²) in [7, 11) is 1.82. The lowest BCUT2D eigenvalue weighted by molar-refractivity contribution is -0.159. The Morgan fingerprint density at radius 2 is 1.58 bits per heavy atom. The van der Waals surface area contributed by atoms with Crippen LogP contribution in [-0.4, -0.2) is 24.6 Å². The van der Waals surface area contributed by atoms with E-state index in [-0.39, 0.29) is 0 Å². The monoisotopic (exact) mass is 325 g/mol. The minimum absolute atomic E-state index is 0.350. The van der Waals surface area contributed by atoms with Crippen molar-refractivity contribution in [1.82, 2.24) is 4.90 Å². The maximum Gasteiger partial charge on any atom is 0.123 e. The van der Waals surface area contributed by atoms with Gasteiger partial charge in [-0.1, -0.05) is 32.0 Å². The molecule has 6 rings (SSSR count). The van der Waals surface area contributed by atoms with Gasteiger partial charge in [0.2, 0.25) is 0 Å². The fourth-order valence-corrected chi connectivity index (χ4v) is 7.19. The lowest BCUT2D eigenvalue weighted by Crippen LogP contribution is -2.66. The molecule has 4 aliphatic carbocycles. The standard InChI is InChI=1S/C22H31NO/c1-22(2)13-23(21(22)18-6-4-5-7-19(18)24-3)20-16-9-14-8-15(11-16)12-17(20)10-14/h4-7,14-17,20-21H,8-13H2,1-3H3. The second kappa shape index (κ2) is 5.24. The van der Waals surface area contributed by atoms with Crippen molar-refractivity contribution in [3.05, 3.63) is 29.8 Å². The molecule has 1 aromatic carbocycles. The zero-order valence-corrected chi connectivity index (χ0v) is 15.4. The maximum atomic E-state index is 5.72. The lowest BCUT2D eigenvalue weighted by Gasteiger charge is -2.65. The third kappa shape index (κ3) is 2.11. The second-order valence-electron chi connectivity index (χ2n) is 9.73. The summed E-state index contributed by atoms with van der Waals surface area (Å²) in [6, 6.07) is 10.1. The van der Waals surface area contributed by atoms with E-state index >= 15 is 0 Å². The number of para-hydroxylation sites is 1. The third-order valence-electron chi connectivity index (χ3n) is 7.66. The smallest absolute Gasteiger partial charge is 0.123 e. The Morgan fingerprint density at radius 1 is 0.958 bits per heavy atom. The van der Waals surface area contributed by atoms with Crippen LogP contribution in [0.3, 0.4) is 0 Å². The first kappa shape index (κ1) is 15.3. The quantitative estimate of drug-likeness (QED) is 0.783. The van der Waals surface area contributed by atoms with Crippen LogP contribution in [0.5, 0.6) is 5.75 Å². The van der Waals surface area contributed by atoms with E-state index in [1.54, 1.807) is 6.42 Å². The number of methoxy groups -OCH3 is 1. The lowest BCUT2D eigenvalue weighted by atomic mass is 9.52. The summed E-state index contributed by atoms with van der Waals surface area (Å²) < 4.78 is 5.72. The van der Waals surface area contributed by atoms with Gasteiger partial charge in [0.05, 0.1) is 7.11 Å². The number of benzene rings is 1. The minimum atomic E-state index is 0.350. The molecule has 1 unspecified atom stereocenters. The molecule has 0 spiro atoms. The highest BCUT2D eigenvalue weighted by atomic mass is 16.5. The van der Waals surface area contributed by atoms with Gasteiger partial charge >= 0.3 is 0 Å². The Labute approximate surface area is 146 Å². The molecule has 4 bridgehead atoms. The van der Waals surface area contributed by atoms with Crippen LogP contribution in [0.2, 0.25) is 0 Å². The van der Waals surface area contributed by atoms with Crippen LogP contribution in [0.1, 0.15) is 57.6 Å². The van der Waals surface area contributed by atoms with Gasteiger partial charge in [-0.05, 0) is 67.3 Å². The average Bonchev–Trinajstić information content (AvgIpc) is 2.53. The highest BCUT2D eigenvalue weighted by molar-refractivity contribution is 5.39. The molecule has 1 aromatic rings.